The van der Waals surface area contributed by atoms with Crippen LogP contribution in [0.25, 0.3) is 33.0 Å². The molecule has 1 heterocycles. The van der Waals surface area contributed by atoms with Gasteiger partial charge in [0.05, 0.1) is 18.2 Å². The van der Waals surface area contributed by atoms with E-state index in [1.807, 2.05) is 18.5 Å². The van der Waals surface area contributed by atoms with Crippen molar-refractivity contribution in [1.82, 2.24) is 0 Å². The number of aromatic nitrogens is 1. The third-order valence-corrected chi connectivity index (χ3v) is 5.69. The zero-order valence-electron chi connectivity index (χ0n) is 17.8. The van der Waals surface area contributed by atoms with Gasteiger partial charge in [0, 0.05) is 24.7 Å². The summed E-state index contributed by atoms with van der Waals surface area (Å²) in [5.41, 5.74) is 5.72. The fraction of sp³-hybridized carbons (Fsp3) is 0.185. The summed E-state index contributed by atoms with van der Waals surface area (Å²) >= 11 is 0. The quantitative estimate of drug-likeness (QED) is 0.389. The molecule has 0 amide bonds. The van der Waals surface area contributed by atoms with Crippen molar-refractivity contribution < 1.29 is 9.36 Å². The maximum absolute atomic E-state index is 12.2. The smallest absolute Gasteiger partial charge is 0.371 e. The van der Waals surface area contributed by atoms with Gasteiger partial charge in [-0.2, -0.15) is 0 Å². The molecule has 0 aliphatic carbocycles. The van der Waals surface area contributed by atoms with E-state index in [9.17, 15) is 4.79 Å². The van der Waals surface area contributed by atoms with Crippen LogP contribution in [0, 0.1) is 0 Å². The van der Waals surface area contributed by atoms with Crippen molar-refractivity contribution in [2.24, 2.45) is 0 Å². The summed E-state index contributed by atoms with van der Waals surface area (Å²) in [6.07, 6.45) is 3.86. The molecule has 150 valence electrons. The topological polar surface area (TPSA) is 24.2 Å². The second-order valence-electron chi connectivity index (χ2n) is 7.42. The fourth-order valence-electron chi connectivity index (χ4n) is 4.14. The zero-order chi connectivity index (χ0) is 21.1. The van der Waals surface area contributed by atoms with E-state index in [-0.39, 0.29) is 5.91 Å². The average molecular weight is 396 g/mol. The number of anilines is 1. The van der Waals surface area contributed by atoms with Crippen molar-refractivity contribution in [2.45, 2.75) is 20.8 Å². The lowest BCUT2D eigenvalue weighted by atomic mass is 9.89. The number of fused-ring (bicyclic) bond motifs is 1. The van der Waals surface area contributed by atoms with Crippen molar-refractivity contribution >= 4 is 22.4 Å². The number of benzene rings is 3. The lowest BCUT2D eigenvalue weighted by Crippen LogP contribution is -2.40. The first-order valence-electron chi connectivity index (χ1n) is 10.5. The van der Waals surface area contributed by atoms with Gasteiger partial charge in [-0.3, -0.25) is 0 Å². The van der Waals surface area contributed by atoms with E-state index in [1.54, 1.807) is 11.5 Å². The largest absolute Gasteiger partial charge is 0.389 e. The molecule has 0 fully saturated rings. The highest BCUT2D eigenvalue weighted by Gasteiger charge is 2.22. The summed E-state index contributed by atoms with van der Waals surface area (Å²) in [5, 5.41) is 2.38. The normalized spacial score (nSPS) is 10.9. The number of nitrogens with zero attached hydrogens (tertiary/aromatic N) is 2. The molecule has 0 aliphatic rings. The van der Waals surface area contributed by atoms with Gasteiger partial charge < -0.3 is 4.90 Å². The van der Waals surface area contributed by atoms with Gasteiger partial charge in [-0.15, -0.1) is 4.57 Å². The van der Waals surface area contributed by atoms with Crippen LogP contribution >= 0.6 is 0 Å². The standard InChI is InChI=1S/C27H27N2O/c1-4-28(5-2)26-17-18-29(20(3)30)19-25(26)27-23-14-10-9-13-22(23)15-16-24(27)21-11-7-6-8-12-21/h6-19H,4-5H2,1-3H3/q+1. The van der Waals surface area contributed by atoms with Crippen LogP contribution in [0.4, 0.5) is 5.69 Å². The maximum Gasteiger partial charge on any atom is 0.389 e. The van der Waals surface area contributed by atoms with Crippen LogP contribution in [0.15, 0.2) is 85.2 Å². The lowest BCUT2D eigenvalue weighted by molar-refractivity contribution is -0.572. The lowest BCUT2D eigenvalue weighted by Gasteiger charge is -2.24. The molecule has 0 spiro atoms. The molecule has 0 aliphatic heterocycles. The van der Waals surface area contributed by atoms with Crippen LogP contribution in [-0.2, 0) is 0 Å². The fourth-order valence-corrected chi connectivity index (χ4v) is 4.14. The van der Waals surface area contributed by atoms with E-state index in [2.05, 4.69) is 85.5 Å². The molecular formula is C27H27N2O+. The summed E-state index contributed by atoms with van der Waals surface area (Å²) in [5.74, 6) is 0.00356. The monoisotopic (exact) mass is 395 g/mol. The summed E-state index contributed by atoms with van der Waals surface area (Å²) in [6.45, 7) is 7.74. The Balaban J connectivity index is 2.12. The molecule has 0 unspecified atom stereocenters. The number of hydrogen-bond donors (Lipinski definition) is 0. The highest BCUT2D eigenvalue weighted by Crippen LogP contribution is 2.41. The molecule has 30 heavy (non-hydrogen) atoms. The van der Waals surface area contributed by atoms with E-state index in [0.29, 0.717) is 0 Å². The second-order valence-corrected chi connectivity index (χ2v) is 7.42. The Morgan fingerprint density at radius 3 is 2.23 bits per heavy atom. The highest BCUT2D eigenvalue weighted by atomic mass is 16.1. The molecule has 3 aromatic carbocycles. The number of carbonyl (C=O) groups is 1. The maximum atomic E-state index is 12.2. The zero-order valence-corrected chi connectivity index (χ0v) is 17.8. The molecule has 0 radical (unpaired) electrons. The Morgan fingerprint density at radius 2 is 1.53 bits per heavy atom. The van der Waals surface area contributed by atoms with Gasteiger partial charge >= 0.3 is 5.91 Å². The van der Waals surface area contributed by atoms with Crippen LogP contribution in [0.1, 0.15) is 25.6 Å². The van der Waals surface area contributed by atoms with Crippen molar-refractivity contribution in [3.05, 3.63) is 85.2 Å². The Morgan fingerprint density at radius 1 is 0.833 bits per heavy atom. The Hall–Kier alpha value is -3.46. The minimum absolute atomic E-state index is 0.00356. The molecular weight excluding hydrogens is 368 g/mol. The van der Waals surface area contributed by atoms with Crippen molar-refractivity contribution in [3.63, 3.8) is 0 Å². The summed E-state index contributed by atoms with van der Waals surface area (Å²) in [6, 6.07) is 25.4. The molecule has 4 aromatic rings. The number of pyridine rings is 1. The Bertz CT molecular complexity index is 1190. The Labute approximate surface area is 178 Å². The van der Waals surface area contributed by atoms with Gasteiger partial charge in [-0.05, 0) is 35.7 Å². The number of hydrogen-bond acceptors (Lipinski definition) is 2. The first-order chi connectivity index (χ1) is 14.6. The van der Waals surface area contributed by atoms with Gasteiger partial charge in [0.25, 0.3) is 0 Å². The van der Waals surface area contributed by atoms with Gasteiger partial charge in [0.15, 0.2) is 12.4 Å². The average Bonchev–Trinajstić information content (AvgIpc) is 2.80. The van der Waals surface area contributed by atoms with E-state index in [1.165, 1.54) is 21.9 Å². The van der Waals surface area contributed by atoms with Gasteiger partial charge in [-0.25, -0.2) is 4.79 Å². The molecule has 1 aromatic heterocycles. The van der Waals surface area contributed by atoms with Crippen LogP contribution in [0.2, 0.25) is 0 Å². The Kier molecular flexibility index (Phi) is 5.62. The first kappa shape index (κ1) is 19.8. The molecule has 0 saturated heterocycles. The number of rotatable bonds is 5. The van der Waals surface area contributed by atoms with Crippen LogP contribution in [0.3, 0.4) is 0 Å². The third-order valence-electron chi connectivity index (χ3n) is 5.69. The van der Waals surface area contributed by atoms with Crippen LogP contribution in [-0.4, -0.2) is 19.0 Å². The SMILES string of the molecule is CCN(CC)c1cc[n+](C(C)=O)cc1-c1c(-c2ccccc2)ccc2ccccc12. The molecule has 3 nitrogen and oxygen atoms in total. The van der Waals surface area contributed by atoms with E-state index in [0.717, 1.165) is 29.9 Å². The van der Waals surface area contributed by atoms with Crippen molar-refractivity contribution in [3.8, 4) is 22.3 Å². The van der Waals surface area contributed by atoms with Gasteiger partial charge in [-0.1, -0.05) is 66.7 Å². The van der Waals surface area contributed by atoms with Gasteiger partial charge in [0.2, 0.25) is 0 Å². The number of carbonyl (C=O) groups excluding carboxylic acids is 1. The second kappa shape index (κ2) is 8.50. The summed E-state index contributed by atoms with van der Waals surface area (Å²) in [7, 11) is 0. The molecule has 0 saturated carbocycles. The summed E-state index contributed by atoms with van der Waals surface area (Å²) < 4.78 is 1.68. The van der Waals surface area contributed by atoms with E-state index >= 15 is 0 Å². The van der Waals surface area contributed by atoms with Crippen LogP contribution < -0.4 is 9.47 Å². The molecule has 0 atom stereocenters. The predicted octanol–water partition coefficient (Wildman–Crippen LogP) is 5.97. The molecule has 4 rings (SSSR count). The predicted molar refractivity (Wildman–Crippen MR) is 125 cm³/mol. The first-order valence-corrected chi connectivity index (χ1v) is 10.5. The highest BCUT2D eigenvalue weighted by molar-refractivity contribution is 6.06. The summed E-state index contributed by atoms with van der Waals surface area (Å²) in [4.78, 5) is 14.6. The molecule has 0 N–H and O–H groups in total. The van der Waals surface area contributed by atoms with Crippen LogP contribution in [0.5, 0.6) is 0 Å². The molecule has 3 heteroatoms. The minimum atomic E-state index is 0.00356. The molecule has 0 bridgehead atoms. The minimum Gasteiger partial charge on any atom is -0.371 e. The van der Waals surface area contributed by atoms with Crippen molar-refractivity contribution in [2.75, 3.05) is 18.0 Å². The van der Waals surface area contributed by atoms with E-state index < -0.39 is 0 Å². The van der Waals surface area contributed by atoms with Gasteiger partial charge in [0.1, 0.15) is 0 Å². The third kappa shape index (κ3) is 3.59. The van der Waals surface area contributed by atoms with Crippen molar-refractivity contribution in [1.29, 1.82) is 0 Å². The van der Waals surface area contributed by atoms with E-state index in [4.69, 9.17) is 0 Å².